The lowest BCUT2D eigenvalue weighted by Gasteiger charge is -2.15. The first kappa shape index (κ1) is 13.5. The second-order valence-corrected chi connectivity index (χ2v) is 5.88. The minimum Gasteiger partial charge on any atom is -0.393 e. The molecule has 1 saturated carbocycles. The molecule has 0 bridgehead atoms. The lowest BCUT2D eigenvalue weighted by molar-refractivity contribution is 0.131. The van der Waals surface area contributed by atoms with Crippen LogP contribution in [0.4, 0.5) is 0 Å². The van der Waals surface area contributed by atoms with Gasteiger partial charge in [-0.15, -0.1) is 0 Å². The highest BCUT2D eigenvalue weighted by atomic mass is 16.3. The van der Waals surface area contributed by atoms with Crippen LogP contribution in [-0.2, 0) is 6.54 Å². The lowest BCUT2D eigenvalue weighted by atomic mass is 10.0. The number of aliphatic hydroxyl groups excluding tert-OH is 1. The molecule has 3 rings (SSSR count). The number of rotatable bonds is 4. The Kier molecular flexibility index (Phi) is 3.99. The second-order valence-electron chi connectivity index (χ2n) is 5.88. The Morgan fingerprint density at radius 1 is 1.35 bits per heavy atom. The van der Waals surface area contributed by atoms with Crippen molar-refractivity contribution in [3.05, 3.63) is 41.6 Å². The Morgan fingerprint density at radius 2 is 2.25 bits per heavy atom. The molecular formula is C17H22N2O. The van der Waals surface area contributed by atoms with E-state index in [-0.39, 0.29) is 6.10 Å². The summed E-state index contributed by atoms with van der Waals surface area (Å²) in [5.74, 6) is 0.429. The van der Waals surface area contributed by atoms with Gasteiger partial charge in [0.15, 0.2) is 0 Å². The van der Waals surface area contributed by atoms with Crippen molar-refractivity contribution >= 4 is 10.9 Å². The highest BCUT2D eigenvalue weighted by Crippen LogP contribution is 2.25. The zero-order chi connectivity index (χ0) is 13.9. The molecule has 3 nitrogen and oxygen atoms in total. The van der Waals surface area contributed by atoms with Crippen molar-refractivity contribution in [2.24, 2.45) is 5.92 Å². The third kappa shape index (κ3) is 2.84. The molecule has 1 heterocycles. The molecule has 0 amide bonds. The first-order chi connectivity index (χ1) is 9.74. The van der Waals surface area contributed by atoms with Crippen LogP contribution in [0.2, 0.25) is 0 Å². The van der Waals surface area contributed by atoms with Crippen LogP contribution < -0.4 is 5.32 Å². The summed E-state index contributed by atoms with van der Waals surface area (Å²) in [6, 6.07) is 8.49. The molecule has 1 aromatic carbocycles. The third-order valence-corrected chi connectivity index (χ3v) is 4.31. The van der Waals surface area contributed by atoms with Gasteiger partial charge < -0.3 is 10.4 Å². The number of nitrogens with one attached hydrogen (secondary N) is 1. The summed E-state index contributed by atoms with van der Waals surface area (Å²) in [5, 5.41) is 14.5. The Morgan fingerprint density at radius 3 is 3.05 bits per heavy atom. The van der Waals surface area contributed by atoms with Crippen LogP contribution in [-0.4, -0.2) is 22.7 Å². The molecule has 0 saturated heterocycles. The maximum atomic E-state index is 9.82. The largest absolute Gasteiger partial charge is 0.393 e. The molecule has 0 unspecified atom stereocenters. The number of hydrogen-bond acceptors (Lipinski definition) is 3. The fourth-order valence-corrected chi connectivity index (χ4v) is 3.21. The van der Waals surface area contributed by atoms with E-state index >= 15 is 0 Å². The number of hydrogen-bond donors (Lipinski definition) is 2. The zero-order valence-electron chi connectivity index (χ0n) is 12.0. The molecule has 1 aliphatic carbocycles. The van der Waals surface area contributed by atoms with E-state index in [1.165, 1.54) is 16.5 Å². The van der Waals surface area contributed by atoms with Gasteiger partial charge in [0.25, 0.3) is 0 Å². The summed E-state index contributed by atoms with van der Waals surface area (Å²) in [7, 11) is 0. The van der Waals surface area contributed by atoms with Crippen molar-refractivity contribution in [1.29, 1.82) is 0 Å². The summed E-state index contributed by atoms with van der Waals surface area (Å²) in [6.07, 6.45) is 5.01. The molecule has 3 heteroatoms. The molecule has 2 N–H and O–H groups in total. The van der Waals surface area contributed by atoms with Crippen molar-refractivity contribution in [3.8, 4) is 0 Å². The summed E-state index contributed by atoms with van der Waals surface area (Å²) in [5.41, 5.74) is 3.60. The molecule has 1 fully saturated rings. The van der Waals surface area contributed by atoms with Gasteiger partial charge in [0.1, 0.15) is 0 Å². The summed E-state index contributed by atoms with van der Waals surface area (Å²) in [4.78, 5) is 4.42. The number of nitrogens with zero attached hydrogens (tertiary/aromatic N) is 1. The van der Waals surface area contributed by atoms with Gasteiger partial charge in [0, 0.05) is 24.7 Å². The Hall–Kier alpha value is -1.45. The molecule has 2 aromatic rings. The molecule has 2 atom stereocenters. The molecule has 0 aliphatic heterocycles. The number of aromatic nitrogens is 1. The summed E-state index contributed by atoms with van der Waals surface area (Å²) >= 11 is 0. The molecule has 20 heavy (non-hydrogen) atoms. The highest BCUT2D eigenvalue weighted by Gasteiger charge is 2.24. The third-order valence-electron chi connectivity index (χ3n) is 4.31. The van der Waals surface area contributed by atoms with Crippen LogP contribution in [0.15, 0.2) is 30.5 Å². The monoisotopic (exact) mass is 270 g/mol. The lowest BCUT2D eigenvalue weighted by Crippen LogP contribution is -2.27. The van der Waals surface area contributed by atoms with Crippen LogP contribution in [0.25, 0.3) is 10.9 Å². The fourth-order valence-electron chi connectivity index (χ4n) is 3.21. The molecule has 0 radical (unpaired) electrons. The molecular weight excluding hydrogens is 248 g/mol. The topological polar surface area (TPSA) is 45.1 Å². The van der Waals surface area contributed by atoms with Gasteiger partial charge in [-0.05, 0) is 48.9 Å². The van der Waals surface area contributed by atoms with Gasteiger partial charge in [-0.1, -0.05) is 18.6 Å². The molecule has 106 valence electrons. The SMILES string of the molecule is Cc1cc(CNC[C@H]2CCC[C@@H]2O)cc2cccnc12. The minimum absolute atomic E-state index is 0.106. The van der Waals surface area contributed by atoms with Crippen LogP contribution in [0.3, 0.4) is 0 Å². The first-order valence-corrected chi connectivity index (χ1v) is 7.47. The van der Waals surface area contributed by atoms with Gasteiger partial charge in [-0.2, -0.15) is 0 Å². The van der Waals surface area contributed by atoms with Crippen LogP contribution in [0.1, 0.15) is 30.4 Å². The van der Waals surface area contributed by atoms with Gasteiger partial charge in [-0.3, -0.25) is 4.98 Å². The van der Waals surface area contributed by atoms with Crippen LogP contribution >= 0.6 is 0 Å². The van der Waals surface area contributed by atoms with E-state index in [2.05, 4.69) is 35.4 Å². The first-order valence-electron chi connectivity index (χ1n) is 7.47. The van der Waals surface area contributed by atoms with Gasteiger partial charge in [0.05, 0.1) is 11.6 Å². The zero-order valence-corrected chi connectivity index (χ0v) is 12.0. The Bertz CT molecular complexity index is 597. The molecule has 1 aromatic heterocycles. The Labute approximate surface area is 120 Å². The molecule has 0 spiro atoms. The maximum Gasteiger partial charge on any atom is 0.0731 e. The quantitative estimate of drug-likeness (QED) is 0.898. The van der Waals surface area contributed by atoms with Crippen molar-refractivity contribution in [3.63, 3.8) is 0 Å². The van der Waals surface area contributed by atoms with Crippen LogP contribution in [0, 0.1) is 12.8 Å². The van der Waals surface area contributed by atoms with Gasteiger partial charge in [0.2, 0.25) is 0 Å². The second kappa shape index (κ2) is 5.90. The van der Waals surface area contributed by atoms with E-state index in [9.17, 15) is 5.11 Å². The van der Waals surface area contributed by atoms with E-state index in [1.807, 2.05) is 12.3 Å². The van der Waals surface area contributed by atoms with Crippen molar-refractivity contribution < 1.29 is 5.11 Å². The minimum atomic E-state index is -0.106. The van der Waals surface area contributed by atoms with Crippen molar-refractivity contribution in [2.45, 2.75) is 38.8 Å². The summed E-state index contributed by atoms with van der Waals surface area (Å²) in [6.45, 7) is 3.87. The number of benzene rings is 1. The molecule has 1 aliphatic rings. The maximum absolute atomic E-state index is 9.82. The fraction of sp³-hybridized carbons (Fsp3) is 0.471. The van der Waals surface area contributed by atoms with Crippen molar-refractivity contribution in [1.82, 2.24) is 10.3 Å². The highest BCUT2D eigenvalue weighted by molar-refractivity contribution is 5.82. The van der Waals surface area contributed by atoms with E-state index in [1.54, 1.807) is 0 Å². The van der Waals surface area contributed by atoms with Crippen LogP contribution in [0.5, 0.6) is 0 Å². The number of aliphatic hydroxyl groups is 1. The van der Waals surface area contributed by atoms with Crippen molar-refractivity contribution in [2.75, 3.05) is 6.54 Å². The van der Waals surface area contributed by atoms with E-state index < -0.39 is 0 Å². The predicted octanol–water partition coefficient (Wildman–Crippen LogP) is 2.79. The summed E-state index contributed by atoms with van der Waals surface area (Å²) < 4.78 is 0. The number of pyridine rings is 1. The predicted molar refractivity (Wildman–Crippen MR) is 81.5 cm³/mol. The average molecular weight is 270 g/mol. The Balaban J connectivity index is 1.65. The van der Waals surface area contributed by atoms with E-state index in [0.29, 0.717) is 5.92 Å². The van der Waals surface area contributed by atoms with E-state index in [4.69, 9.17) is 0 Å². The number of fused-ring (bicyclic) bond motifs is 1. The smallest absolute Gasteiger partial charge is 0.0731 e. The van der Waals surface area contributed by atoms with E-state index in [0.717, 1.165) is 37.9 Å². The average Bonchev–Trinajstić information content (AvgIpc) is 2.85. The van der Waals surface area contributed by atoms with Gasteiger partial charge >= 0.3 is 0 Å². The normalized spacial score (nSPS) is 22.5. The standard InChI is InChI=1S/C17H22N2O/c1-12-8-13(9-14-5-3-7-19-17(12)14)10-18-11-15-4-2-6-16(15)20/h3,5,7-9,15-16,18,20H,2,4,6,10-11H2,1H3/t15-,16+/m1/s1. The number of aryl methyl sites for hydroxylation is 1. The van der Waals surface area contributed by atoms with Gasteiger partial charge in [-0.25, -0.2) is 0 Å².